The van der Waals surface area contributed by atoms with E-state index in [4.69, 9.17) is 4.74 Å². The summed E-state index contributed by atoms with van der Waals surface area (Å²) in [5.41, 5.74) is 1.05. The average molecular weight is 367 g/mol. The van der Waals surface area contributed by atoms with E-state index >= 15 is 0 Å². The number of ether oxygens (including phenoxy) is 1. The summed E-state index contributed by atoms with van der Waals surface area (Å²) in [5, 5.41) is 3.37. The van der Waals surface area contributed by atoms with Crippen LogP contribution in [0.4, 0.5) is 0 Å². The molecule has 4 nitrogen and oxygen atoms in total. The summed E-state index contributed by atoms with van der Waals surface area (Å²) < 4.78 is 5.46. The fourth-order valence-corrected chi connectivity index (χ4v) is 4.43. The molecule has 2 aliphatic heterocycles. The van der Waals surface area contributed by atoms with Gasteiger partial charge in [0.15, 0.2) is 0 Å². The third-order valence-electron chi connectivity index (χ3n) is 5.89. The number of piperidine rings is 2. The van der Waals surface area contributed by atoms with Gasteiger partial charge in [-0.15, -0.1) is 12.4 Å². The van der Waals surface area contributed by atoms with E-state index in [-0.39, 0.29) is 23.2 Å². The normalized spacial score (nSPS) is 25.9. The van der Waals surface area contributed by atoms with Gasteiger partial charge in [0.25, 0.3) is 0 Å². The third kappa shape index (κ3) is 4.18. The van der Waals surface area contributed by atoms with Crippen molar-refractivity contribution < 1.29 is 9.53 Å². The third-order valence-corrected chi connectivity index (χ3v) is 5.89. The molecule has 3 rings (SSSR count). The molecule has 0 saturated carbocycles. The van der Waals surface area contributed by atoms with Crippen LogP contribution in [0.2, 0.25) is 0 Å². The van der Waals surface area contributed by atoms with Gasteiger partial charge in [-0.2, -0.15) is 0 Å². The first-order valence-corrected chi connectivity index (χ1v) is 9.14. The van der Waals surface area contributed by atoms with Gasteiger partial charge in [-0.1, -0.05) is 37.3 Å². The lowest BCUT2D eigenvalue weighted by atomic mass is 9.73. The molecule has 0 radical (unpaired) electrons. The van der Waals surface area contributed by atoms with Crippen molar-refractivity contribution in [2.75, 3.05) is 39.9 Å². The molecule has 25 heavy (non-hydrogen) atoms. The molecule has 0 spiro atoms. The van der Waals surface area contributed by atoms with Crippen molar-refractivity contribution in [2.24, 2.45) is 5.41 Å². The van der Waals surface area contributed by atoms with E-state index < -0.39 is 0 Å². The van der Waals surface area contributed by atoms with Crippen molar-refractivity contribution >= 4 is 18.3 Å². The fourth-order valence-electron chi connectivity index (χ4n) is 4.43. The summed E-state index contributed by atoms with van der Waals surface area (Å²) in [5.74, 6) is 0.299. The van der Waals surface area contributed by atoms with Gasteiger partial charge < -0.3 is 15.0 Å². The van der Waals surface area contributed by atoms with Crippen LogP contribution in [0.15, 0.2) is 30.3 Å². The maximum Gasteiger partial charge on any atom is 0.231 e. The molecule has 2 aliphatic rings. The molecule has 1 aromatic carbocycles. The Kier molecular flexibility index (Phi) is 6.89. The smallest absolute Gasteiger partial charge is 0.231 e. The molecule has 0 aliphatic carbocycles. The number of nitrogens with zero attached hydrogens (tertiary/aromatic N) is 1. The molecule has 1 N–H and O–H groups in total. The van der Waals surface area contributed by atoms with Gasteiger partial charge in [0.05, 0.1) is 12.0 Å². The van der Waals surface area contributed by atoms with E-state index in [9.17, 15) is 4.79 Å². The Hall–Kier alpha value is -1.10. The van der Waals surface area contributed by atoms with Crippen LogP contribution in [0.1, 0.15) is 38.2 Å². The number of rotatable bonds is 4. The first-order valence-electron chi connectivity index (χ1n) is 9.14. The number of benzene rings is 1. The quantitative estimate of drug-likeness (QED) is 0.890. The molecule has 5 heteroatoms. The van der Waals surface area contributed by atoms with Crippen molar-refractivity contribution in [1.82, 2.24) is 10.2 Å². The van der Waals surface area contributed by atoms with Crippen LogP contribution < -0.4 is 5.32 Å². The Morgan fingerprint density at radius 1 is 1.20 bits per heavy atom. The molecule has 1 amide bonds. The Bertz CT molecular complexity index is 555. The first-order chi connectivity index (χ1) is 11.6. The van der Waals surface area contributed by atoms with E-state index in [0.29, 0.717) is 12.5 Å². The van der Waals surface area contributed by atoms with E-state index in [1.165, 1.54) is 5.56 Å². The van der Waals surface area contributed by atoms with Gasteiger partial charge in [0.2, 0.25) is 5.91 Å². The predicted molar refractivity (Wildman–Crippen MR) is 103 cm³/mol. The second-order valence-corrected chi connectivity index (χ2v) is 7.72. The highest BCUT2D eigenvalue weighted by atomic mass is 35.5. The second-order valence-electron chi connectivity index (χ2n) is 7.72. The summed E-state index contributed by atoms with van der Waals surface area (Å²) in [6.45, 7) is 6.33. The first kappa shape index (κ1) is 20.2. The second kappa shape index (κ2) is 8.52. The monoisotopic (exact) mass is 366 g/mol. The molecular weight excluding hydrogens is 336 g/mol. The molecule has 1 aromatic rings. The van der Waals surface area contributed by atoms with Gasteiger partial charge in [-0.3, -0.25) is 4.79 Å². The number of carbonyl (C=O) groups is 1. The SMILES string of the molecule is COCC1(C(=O)N2CCCC(C)(c3ccccc3)C2)CCNCC1.Cl. The lowest BCUT2D eigenvalue weighted by Crippen LogP contribution is -2.56. The lowest BCUT2D eigenvalue weighted by molar-refractivity contribution is -0.149. The molecular formula is C20H31ClN2O2. The van der Waals surface area contributed by atoms with E-state index in [0.717, 1.165) is 51.9 Å². The molecule has 0 bridgehead atoms. The Balaban J connectivity index is 0.00000225. The highest BCUT2D eigenvalue weighted by molar-refractivity contribution is 5.85. The fraction of sp³-hybridized carbons (Fsp3) is 0.650. The zero-order valence-corrected chi connectivity index (χ0v) is 16.2. The summed E-state index contributed by atoms with van der Waals surface area (Å²) in [6, 6.07) is 10.6. The van der Waals surface area contributed by atoms with E-state index in [1.807, 2.05) is 0 Å². The largest absolute Gasteiger partial charge is 0.384 e. The summed E-state index contributed by atoms with van der Waals surface area (Å²) in [7, 11) is 1.71. The van der Waals surface area contributed by atoms with Crippen LogP contribution in [-0.2, 0) is 14.9 Å². The van der Waals surface area contributed by atoms with Gasteiger partial charge in [0.1, 0.15) is 0 Å². The Labute approximate surface area is 157 Å². The predicted octanol–water partition coefficient (Wildman–Crippen LogP) is 3.00. The van der Waals surface area contributed by atoms with E-state index in [1.54, 1.807) is 7.11 Å². The number of likely N-dealkylation sites (tertiary alicyclic amines) is 1. The standard InChI is InChI=1S/C20H30N2O2.ClH/c1-19(17-7-4-3-5-8-17)9-6-14-22(15-19)18(23)20(16-24-2)10-12-21-13-11-20;/h3-5,7-8,21H,6,9-16H2,1-2H3;1H. The summed E-state index contributed by atoms with van der Waals surface area (Å²) in [4.78, 5) is 15.5. The molecule has 2 saturated heterocycles. The highest BCUT2D eigenvalue weighted by Gasteiger charge is 2.45. The minimum absolute atomic E-state index is 0. The maximum atomic E-state index is 13.4. The Morgan fingerprint density at radius 3 is 2.52 bits per heavy atom. The van der Waals surface area contributed by atoms with Crippen LogP contribution in [-0.4, -0.2) is 50.7 Å². The van der Waals surface area contributed by atoms with Crippen molar-refractivity contribution in [2.45, 2.75) is 38.0 Å². The maximum absolute atomic E-state index is 13.4. The summed E-state index contributed by atoms with van der Waals surface area (Å²) >= 11 is 0. The number of nitrogens with one attached hydrogen (secondary N) is 1. The van der Waals surface area contributed by atoms with Gasteiger partial charge in [-0.05, 0) is 44.3 Å². The van der Waals surface area contributed by atoms with Crippen LogP contribution >= 0.6 is 12.4 Å². The van der Waals surface area contributed by atoms with Crippen molar-refractivity contribution in [3.63, 3.8) is 0 Å². The van der Waals surface area contributed by atoms with Crippen molar-refractivity contribution in [3.8, 4) is 0 Å². The summed E-state index contributed by atoms with van der Waals surface area (Å²) in [6.07, 6.45) is 3.95. The minimum atomic E-state index is -0.338. The number of hydrogen-bond acceptors (Lipinski definition) is 3. The minimum Gasteiger partial charge on any atom is -0.384 e. The van der Waals surface area contributed by atoms with Crippen molar-refractivity contribution in [1.29, 1.82) is 0 Å². The topological polar surface area (TPSA) is 41.6 Å². The molecule has 1 unspecified atom stereocenters. The lowest BCUT2D eigenvalue weighted by Gasteiger charge is -2.46. The van der Waals surface area contributed by atoms with E-state index in [2.05, 4.69) is 47.5 Å². The van der Waals surface area contributed by atoms with Crippen LogP contribution in [0.3, 0.4) is 0 Å². The molecule has 1 atom stereocenters. The van der Waals surface area contributed by atoms with Gasteiger partial charge in [0, 0.05) is 25.6 Å². The molecule has 140 valence electrons. The van der Waals surface area contributed by atoms with Crippen LogP contribution in [0.25, 0.3) is 0 Å². The Morgan fingerprint density at radius 2 is 1.88 bits per heavy atom. The highest BCUT2D eigenvalue weighted by Crippen LogP contribution is 2.37. The van der Waals surface area contributed by atoms with Gasteiger partial charge in [-0.25, -0.2) is 0 Å². The number of halogens is 1. The van der Waals surface area contributed by atoms with Crippen LogP contribution in [0, 0.1) is 5.41 Å². The number of carbonyl (C=O) groups excluding carboxylic acids is 1. The molecule has 2 fully saturated rings. The number of amides is 1. The molecule has 2 heterocycles. The zero-order valence-electron chi connectivity index (χ0n) is 15.4. The number of hydrogen-bond donors (Lipinski definition) is 1. The molecule has 0 aromatic heterocycles. The number of methoxy groups -OCH3 is 1. The van der Waals surface area contributed by atoms with Gasteiger partial charge >= 0.3 is 0 Å². The van der Waals surface area contributed by atoms with Crippen molar-refractivity contribution in [3.05, 3.63) is 35.9 Å². The average Bonchev–Trinajstić information content (AvgIpc) is 2.63. The van der Waals surface area contributed by atoms with Crippen LogP contribution in [0.5, 0.6) is 0 Å². The zero-order chi connectivity index (χ0) is 17.0.